The number of methoxy groups -OCH3 is 1. The summed E-state index contributed by atoms with van der Waals surface area (Å²) >= 11 is 0. The molecule has 0 fully saturated rings. The van der Waals surface area contributed by atoms with Crippen LogP contribution in [0.15, 0.2) is 52.9 Å². The van der Waals surface area contributed by atoms with Gasteiger partial charge < -0.3 is 19.2 Å². The maximum Gasteiger partial charge on any atom is 0.258 e. The molecule has 0 radical (unpaired) electrons. The molecule has 0 spiro atoms. The third-order valence-electron chi connectivity index (χ3n) is 4.17. The van der Waals surface area contributed by atoms with Crippen LogP contribution < -0.4 is 14.8 Å². The highest BCUT2D eigenvalue weighted by atomic mass is 16.5. The summed E-state index contributed by atoms with van der Waals surface area (Å²) in [6.07, 6.45) is 0. The number of hydrogen-bond donors (Lipinski definition) is 1. The second-order valence-corrected chi connectivity index (χ2v) is 6.18. The molecule has 0 aliphatic rings. The SMILES string of the molecule is COc1ccc(OCC(=O)NC(C)c2cc3ccccc3o2)c(C(C)=O)c1. The van der Waals surface area contributed by atoms with Gasteiger partial charge in [0.1, 0.15) is 22.8 Å². The van der Waals surface area contributed by atoms with E-state index in [-0.39, 0.29) is 24.3 Å². The monoisotopic (exact) mass is 367 g/mol. The second kappa shape index (κ2) is 7.95. The Labute approximate surface area is 157 Å². The Morgan fingerprint density at radius 3 is 2.63 bits per heavy atom. The van der Waals surface area contributed by atoms with Crippen molar-refractivity contribution in [3.63, 3.8) is 0 Å². The van der Waals surface area contributed by atoms with Crippen LogP contribution in [0, 0.1) is 0 Å². The fourth-order valence-electron chi connectivity index (χ4n) is 2.75. The first-order valence-electron chi connectivity index (χ1n) is 8.57. The fourth-order valence-corrected chi connectivity index (χ4v) is 2.75. The summed E-state index contributed by atoms with van der Waals surface area (Å²) in [7, 11) is 1.52. The number of para-hydroxylation sites is 1. The molecule has 1 amide bonds. The predicted octanol–water partition coefficient (Wildman–Crippen LogP) is 3.90. The van der Waals surface area contributed by atoms with Crippen molar-refractivity contribution in [1.82, 2.24) is 5.32 Å². The number of rotatable bonds is 7. The van der Waals surface area contributed by atoms with E-state index in [0.29, 0.717) is 22.8 Å². The van der Waals surface area contributed by atoms with E-state index < -0.39 is 0 Å². The van der Waals surface area contributed by atoms with Gasteiger partial charge in [0.25, 0.3) is 5.91 Å². The number of ketones is 1. The zero-order chi connectivity index (χ0) is 19.4. The number of Topliss-reactive ketones (excluding diaryl/α,β-unsaturated/α-hetero) is 1. The number of furan rings is 1. The quantitative estimate of drug-likeness (QED) is 0.641. The molecule has 0 saturated carbocycles. The van der Waals surface area contributed by atoms with Crippen molar-refractivity contribution in [1.29, 1.82) is 0 Å². The molecule has 3 rings (SSSR count). The zero-order valence-corrected chi connectivity index (χ0v) is 15.4. The molecule has 0 aliphatic carbocycles. The van der Waals surface area contributed by atoms with E-state index in [4.69, 9.17) is 13.9 Å². The van der Waals surface area contributed by atoms with Gasteiger partial charge in [-0.3, -0.25) is 9.59 Å². The number of benzene rings is 2. The van der Waals surface area contributed by atoms with Gasteiger partial charge in [0.15, 0.2) is 12.4 Å². The molecule has 140 valence electrons. The van der Waals surface area contributed by atoms with Crippen molar-refractivity contribution in [2.75, 3.05) is 13.7 Å². The van der Waals surface area contributed by atoms with Crippen molar-refractivity contribution in [2.24, 2.45) is 0 Å². The second-order valence-electron chi connectivity index (χ2n) is 6.18. The maximum absolute atomic E-state index is 12.2. The minimum Gasteiger partial charge on any atom is -0.497 e. The highest BCUT2D eigenvalue weighted by molar-refractivity contribution is 5.97. The van der Waals surface area contributed by atoms with Crippen LogP contribution in [-0.4, -0.2) is 25.4 Å². The van der Waals surface area contributed by atoms with Gasteiger partial charge in [-0.1, -0.05) is 18.2 Å². The van der Waals surface area contributed by atoms with Crippen molar-refractivity contribution >= 4 is 22.7 Å². The smallest absolute Gasteiger partial charge is 0.258 e. The zero-order valence-electron chi connectivity index (χ0n) is 15.4. The summed E-state index contributed by atoms with van der Waals surface area (Å²) in [4.78, 5) is 24.0. The molecule has 0 bridgehead atoms. The van der Waals surface area contributed by atoms with Crippen molar-refractivity contribution < 1.29 is 23.5 Å². The van der Waals surface area contributed by atoms with E-state index in [1.165, 1.54) is 14.0 Å². The van der Waals surface area contributed by atoms with E-state index in [0.717, 1.165) is 11.0 Å². The largest absolute Gasteiger partial charge is 0.497 e. The van der Waals surface area contributed by atoms with E-state index >= 15 is 0 Å². The first kappa shape index (κ1) is 18.5. The number of nitrogens with one attached hydrogen (secondary N) is 1. The summed E-state index contributed by atoms with van der Waals surface area (Å²) in [6, 6.07) is 14.1. The standard InChI is InChI=1S/C21H21NO5/c1-13(20-10-15-6-4-5-7-18(15)27-20)22-21(24)12-26-19-9-8-16(25-3)11-17(19)14(2)23/h4-11,13H,12H2,1-3H3,(H,22,24). The summed E-state index contributed by atoms with van der Waals surface area (Å²) in [5.41, 5.74) is 1.14. The minimum atomic E-state index is -0.312. The average molecular weight is 367 g/mol. The number of amides is 1. The highest BCUT2D eigenvalue weighted by Crippen LogP contribution is 2.25. The Hall–Kier alpha value is -3.28. The number of carbonyl (C=O) groups is 2. The lowest BCUT2D eigenvalue weighted by Gasteiger charge is -2.14. The molecular formula is C21H21NO5. The van der Waals surface area contributed by atoms with E-state index in [1.54, 1.807) is 18.2 Å². The molecule has 1 N–H and O–H groups in total. The summed E-state index contributed by atoms with van der Waals surface area (Å²) in [6.45, 7) is 3.06. The molecule has 1 heterocycles. The Bertz CT molecular complexity index is 943. The number of hydrogen-bond acceptors (Lipinski definition) is 5. The van der Waals surface area contributed by atoms with Gasteiger partial charge >= 0.3 is 0 Å². The lowest BCUT2D eigenvalue weighted by Crippen LogP contribution is -2.31. The topological polar surface area (TPSA) is 77.8 Å². The third kappa shape index (κ3) is 4.28. The molecule has 1 atom stereocenters. The molecular weight excluding hydrogens is 346 g/mol. The van der Waals surface area contributed by atoms with E-state index in [9.17, 15) is 9.59 Å². The first-order chi connectivity index (χ1) is 13.0. The first-order valence-corrected chi connectivity index (χ1v) is 8.57. The van der Waals surface area contributed by atoms with E-state index in [2.05, 4.69) is 5.32 Å². The van der Waals surface area contributed by atoms with Gasteiger partial charge in [0, 0.05) is 5.39 Å². The van der Waals surface area contributed by atoms with Crippen LogP contribution >= 0.6 is 0 Å². The third-order valence-corrected chi connectivity index (χ3v) is 4.17. The number of fused-ring (bicyclic) bond motifs is 1. The molecule has 1 unspecified atom stereocenters. The van der Waals surface area contributed by atoms with Crippen LogP contribution in [0.2, 0.25) is 0 Å². The molecule has 27 heavy (non-hydrogen) atoms. The van der Waals surface area contributed by atoms with Crippen LogP contribution in [0.4, 0.5) is 0 Å². The van der Waals surface area contributed by atoms with Crippen LogP contribution in [-0.2, 0) is 4.79 Å². The Morgan fingerprint density at radius 1 is 1.15 bits per heavy atom. The van der Waals surface area contributed by atoms with Gasteiger partial charge in [-0.2, -0.15) is 0 Å². The lowest BCUT2D eigenvalue weighted by molar-refractivity contribution is -0.123. The van der Waals surface area contributed by atoms with Gasteiger partial charge in [0.2, 0.25) is 0 Å². The maximum atomic E-state index is 12.2. The van der Waals surface area contributed by atoms with Gasteiger partial charge in [-0.25, -0.2) is 0 Å². The predicted molar refractivity (Wildman–Crippen MR) is 101 cm³/mol. The number of carbonyl (C=O) groups excluding carboxylic acids is 2. The van der Waals surface area contributed by atoms with Crippen molar-refractivity contribution in [2.45, 2.75) is 19.9 Å². The lowest BCUT2D eigenvalue weighted by atomic mass is 10.1. The Kier molecular flexibility index (Phi) is 5.45. The highest BCUT2D eigenvalue weighted by Gasteiger charge is 2.16. The van der Waals surface area contributed by atoms with Crippen LogP contribution in [0.25, 0.3) is 11.0 Å². The molecule has 2 aromatic carbocycles. The normalized spacial score (nSPS) is 11.8. The van der Waals surface area contributed by atoms with Crippen molar-refractivity contribution in [3.05, 3.63) is 59.9 Å². The summed E-state index contributed by atoms with van der Waals surface area (Å²) in [5, 5.41) is 3.81. The van der Waals surface area contributed by atoms with Crippen LogP contribution in [0.1, 0.15) is 36.0 Å². The minimum absolute atomic E-state index is 0.167. The van der Waals surface area contributed by atoms with Gasteiger partial charge in [-0.15, -0.1) is 0 Å². The average Bonchev–Trinajstić information content (AvgIpc) is 3.10. The molecule has 0 saturated heterocycles. The van der Waals surface area contributed by atoms with Crippen LogP contribution in [0.3, 0.4) is 0 Å². The molecule has 3 aromatic rings. The summed E-state index contributed by atoms with van der Waals surface area (Å²) in [5.74, 6) is 1.08. The fraction of sp³-hybridized carbons (Fsp3) is 0.238. The molecule has 1 aromatic heterocycles. The Balaban J connectivity index is 1.63. The van der Waals surface area contributed by atoms with Gasteiger partial charge in [0.05, 0.1) is 18.7 Å². The van der Waals surface area contributed by atoms with E-state index in [1.807, 2.05) is 37.3 Å². The van der Waals surface area contributed by atoms with Crippen LogP contribution in [0.5, 0.6) is 11.5 Å². The van der Waals surface area contributed by atoms with Crippen molar-refractivity contribution in [3.8, 4) is 11.5 Å². The van der Waals surface area contributed by atoms with Gasteiger partial charge in [-0.05, 0) is 44.2 Å². The molecule has 6 heteroatoms. The Morgan fingerprint density at radius 2 is 1.93 bits per heavy atom. The molecule has 0 aliphatic heterocycles. The molecule has 6 nitrogen and oxygen atoms in total. The number of ether oxygens (including phenoxy) is 2. The summed E-state index contributed by atoms with van der Waals surface area (Å²) < 4.78 is 16.4.